The van der Waals surface area contributed by atoms with E-state index in [1.807, 2.05) is 6.92 Å². The number of amides is 1. The molecular formula is C16H28N2O. The van der Waals surface area contributed by atoms with Crippen molar-refractivity contribution < 1.29 is 4.79 Å². The molecular weight excluding hydrogens is 236 g/mol. The molecule has 1 saturated carbocycles. The van der Waals surface area contributed by atoms with Crippen LogP contribution in [0.4, 0.5) is 0 Å². The molecule has 1 rings (SSSR count). The Balaban J connectivity index is 2.56. The van der Waals surface area contributed by atoms with Crippen LogP contribution in [0.5, 0.6) is 0 Å². The number of nitrogens with one attached hydrogen (secondary N) is 1. The average molecular weight is 264 g/mol. The van der Waals surface area contributed by atoms with Gasteiger partial charge in [0.2, 0.25) is 5.91 Å². The molecule has 0 saturated heterocycles. The summed E-state index contributed by atoms with van der Waals surface area (Å²) in [4.78, 5) is 12.4. The SMILES string of the molecule is CC(C)CCC(C)NC(=O)C1(C#N)CCCCCC1. The van der Waals surface area contributed by atoms with Crippen LogP contribution in [-0.2, 0) is 4.79 Å². The van der Waals surface area contributed by atoms with Gasteiger partial charge in [-0.2, -0.15) is 5.26 Å². The van der Waals surface area contributed by atoms with Crippen LogP contribution in [0.1, 0.15) is 72.1 Å². The van der Waals surface area contributed by atoms with E-state index in [0.29, 0.717) is 5.92 Å². The van der Waals surface area contributed by atoms with Gasteiger partial charge in [0.25, 0.3) is 0 Å². The molecule has 3 nitrogen and oxygen atoms in total. The highest BCUT2D eigenvalue weighted by molar-refractivity contribution is 5.85. The normalized spacial score (nSPS) is 20.4. The number of carbonyl (C=O) groups is 1. The van der Waals surface area contributed by atoms with E-state index in [4.69, 9.17) is 0 Å². The summed E-state index contributed by atoms with van der Waals surface area (Å²) in [5, 5.41) is 12.5. The lowest BCUT2D eigenvalue weighted by Gasteiger charge is -2.26. The van der Waals surface area contributed by atoms with Crippen LogP contribution < -0.4 is 5.32 Å². The summed E-state index contributed by atoms with van der Waals surface area (Å²) in [6, 6.07) is 2.49. The van der Waals surface area contributed by atoms with Gasteiger partial charge in [0.05, 0.1) is 6.07 Å². The Morgan fingerprint density at radius 3 is 2.21 bits per heavy atom. The summed E-state index contributed by atoms with van der Waals surface area (Å²) >= 11 is 0. The molecule has 1 atom stereocenters. The highest BCUT2D eigenvalue weighted by atomic mass is 16.2. The molecule has 0 aromatic rings. The number of hydrogen-bond donors (Lipinski definition) is 1. The van der Waals surface area contributed by atoms with Crippen molar-refractivity contribution >= 4 is 5.91 Å². The zero-order valence-corrected chi connectivity index (χ0v) is 12.7. The first kappa shape index (κ1) is 16.0. The molecule has 0 heterocycles. The monoisotopic (exact) mass is 264 g/mol. The summed E-state index contributed by atoms with van der Waals surface area (Å²) in [5.74, 6) is 0.621. The number of nitriles is 1. The standard InChI is InChI=1S/C16H28N2O/c1-13(2)8-9-14(3)18-15(19)16(12-17)10-6-4-5-7-11-16/h13-14H,4-11H2,1-3H3,(H,18,19). The maximum Gasteiger partial charge on any atom is 0.240 e. The highest BCUT2D eigenvalue weighted by Gasteiger charge is 2.39. The molecule has 19 heavy (non-hydrogen) atoms. The fraction of sp³-hybridized carbons (Fsp3) is 0.875. The summed E-state index contributed by atoms with van der Waals surface area (Å²) in [5.41, 5.74) is -0.761. The van der Waals surface area contributed by atoms with Crippen molar-refractivity contribution in [3.63, 3.8) is 0 Å². The van der Waals surface area contributed by atoms with Gasteiger partial charge >= 0.3 is 0 Å². The van der Waals surface area contributed by atoms with Gasteiger partial charge in [0.1, 0.15) is 5.41 Å². The van der Waals surface area contributed by atoms with Crippen molar-refractivity contribution in [1.82, 2.24) is 5.32 Å². The molecule has 0 aromatic heterocycles. The molecule has 1 aliphatic carbocycles. The van der Waals surface area contributed by atoms with Crippen molar-refractivity contribution in [2.45, 2.75) is 78.2 Å². The molecule has 3 heteroatoms. The molecule has 108 valence electrons. The Bertz CT molecular complexity index is 322. The number of nitrogens with zero attached hydrogens (tertiary/aromatic N) is 1. The molecule has 0 spiro atoms. The average Bonchev–Trinajstić information content (AvgIpc) is 2.62. The van der Waals surface area contributed by atoms with Gasteiger partial charge in [-0.05, 0) is 38.5 Å². The number of carbonyl (C=O) groups excluding carboxylic acids is 1. The van der Waals surface area contributed by atoms with Gasteiger partial charge in [0, 0.05) is 6.04 Å². The van der Waals surface area contributed by atoms with Crippen molar-refractivity contribution in [2.75, 3.05) is 0 Å². The van der Waals surface area contributed by atoms with E-state index in [2.05, 4.69) is 25.2 Å². The van der Waals surface area contributed by atoms with E-state index in [-0.39, 0.29) is 11.9 Å². The van der Waals surface area contributed by atoms with Crippen LogP contribution in [-0.4, -0.2) is 11.9 Å². The van der Waals surface area contributed by atoms with Crippen LogP contribution in [0.3, 0.4) is 0 Å². The van der Waals surface area contributed by atoms with Gasteiger partial charge < -0.3 is 5.32 Å². The van der Waals surface area contributed by atoms with Crippen molar-refractivity contribution in [1.29, 1.82) is 5.26 Å². The fourth-order valence-electron chi connectivity index (χ4n) is 2.74. The number of rotatable bonds is 5. The second-order valence-corrected chi connectivity index (χ2v) is 6.45. The summed E-state index contributed by atoms with van der Waals surface area (Å²) in [7, 11) is 0. The van der Waals surface area contributed by atoms with E-state index >= 15 is 0 Å². The van der Waals surface area contributed by atoms with E-state index in [0.717, 1.165) is 51.4 Å². The maximum atomic E-state index is 12.4. The quantitative estimate of drug-likeness (QED) is 0.768. The molecule has 0 aliphatic heterocycles. The van der Waals surface area contributed by atoms with Gasteiger partial charge in [-0.3, -0.25) is 4.79 Å². The van der Waals surface area contributed by atoms with Crippen LogP contribution in [0.25, 0.3) is 0 Å². The van der Waals surface area contributed by atoms with E-state index in [1.54, 1.807) is 0 Å². The van der Waals surface area contributed by atoms with Crippen molar-refractivity contribution in [2.24, 2.45) is 11.3 Å². The van der Waals surface area contributed by atoms with Crippen LogP contribution in [0.2, 0.25) is 0 Å². The molecule has 1 unspecified atom stereocenters. The first-order chi connectivity index (χ1) is 9.00. The third kappa shape index (κ3) is 4.86. The van der Waals surface area contributed by atoms with E-state index in [1.165, 1.54) is 0 Å². The second-order valence-electron chi connectivity index (χ2n) is 6.45. The highest BCUT2D eigenvalue weighted by Crippen LogP contribution is 2.34. The minimum absolute atomic E-state index is 0.0341. The van der Waals surface area contributed by atoms with Gasteiger partial charge in [-0.1, -0.05) is 39.5 Å². The minimum atomic E-state index is -0.761. The third-order valence-corrected chi connectivity index (χ3v) is 4.16. The first-order valence-electron chi connectivity index (χ1n) is 7.72. The van der Waals surface area contributed by atoms with Gasteiger partial charge in [-0.25, -0.2) is 0 Å². The number of hydrogen-bond acceptors (Lipinski definition) is 2. The largest absolute Gasteiger partial charge is 0.352 e. The van der Waals surface area contributed by atoms with Crippen LogP contribution >= 0.6 is 0 Å². The lowest BCUT2D eigenvalue weighted by atomic mass is 9.80. The Morgan fingerprint density at radius 1 is 1.16 bits per heavy atom. The topological polar surface area (TPSA) is 52.9 Å². The molecule has 0 aromatic carbocycles. The van der Waals surface area contributed by atoms with E-state index in [9.17, 15) is 10.1 Å². The molecule has 1 fully saturated rings. The fourth-order valence-corrected chi connectivity index (χ4v) is 2.74. The molecule has 0 bridgehead atoms. The Morgan fingerprint density at radius 2 is 1.74 bits per heavy atom. The Hall–Kier alpha value is -1.04. The van der Waals surface area contributed by atoms with E-state index < -0.39 is 5.41 Å². The smallest absolute Gasteiger partial charge is 0.240 e. The zero-order chi connectivity index (χ0) is 14.3. The molecule has 1 aliphatic rings. The van der Waals surface area contributed by atoms with Crippen LogP contribution in [0, 0.1) is 22.7 Å². The molecule has 1 N–H and O–H groups in total. The lowest BCUT2D eigenvalue weighted by molar-refractivity contribution is -0.129. The predicted octanol–water partition coefficient (Wildman–Crippen LogP) is 3.79. The minimum Gasteiger partial charge on any atom is -0.352 e. The third-order valence-electron chi connectivity index (χ3n) is 4.16. The predicted molar refractivity (Wildman–Crippen MR) is 77.4 cm³/mol. The summed E-state index contributed by atoms with van der Waals surface area (Å²) in [6.45, 7) is 6.43. The molecule has 0 radical (unpaired) electrons. The summed E-state index contributed by atoms with van der Waals surface area (Å²) < 4.78 is 0. The Labute approximate surface area is 117 Å². The van der Waals surface area contributed by atoms with Crippen LogP contribution in [0.15, 0.2) is 0 Å². The lowest BCUT2D eigenvalue weighted by Crippen LogP contribution is -2.44. The second kappa shape index (κ2) is 7.53. The van der Waals surface area contributed by atoms with Gasteiger partial charge in [-0.15, -0.1) is 0 Å². The van der Waals surface area contributed by atoms with Crippen molar-refractivity contribution in [3.8, 4) is 6.07 Å². The zero-order valence-electron chi connectivity index (χ0n) is 12.7. The van der Waals surface area contributed by atoms with Gasteiger partial charge in [0.15, 0.2) is 0 Å². The van der Waals surface area contributed by atoms with Crippen molar-refractivity contribution in [3.05, 3.63) is 0 Å². The maximum absolute atomic E-state index is 12.4. The first-order valence-corrected chi connectivity index (χ1v) is 7.72. The Kier molecular flexibility index (Phi) is 6.34. The molecule has 1 amide bonds. The summed E-state index contributed by atoms with van der Waals surface area (Å²) in [6.07, 6.45) is 7.87.